The molecule has 1 aromatic carbocycles. The van der Waals surface area contributed by atoms with E-state index in [2.05, 4.69) is 28.8 Å². The molecule has 0 saturated carbocycles. The van der Waals surface area contributed by atoms with Crippen molar-refractivity contribution in [2.45, 2.75) is 0 Å². The van der Waals surface area contributed by atoms with Crippen molar-refractivity contribution in [3.8, 4) is 0 Å². The van der Waals surface area contributed by atoms with Gasteiger partial charge in [-0.2, -0.15) is 0 Å². The van der Waals surface area contributed by atoms with E-state index in [9.17, 15) is 0 Å². The molecule has 1 aromatic rings. The van der Waals surface area contributed by atoms with Crippen LogP contribution in [0.15, 0.2) is 30.3 Å². The van der Waals surface area contributed by atoms with Gasteiger partial charge in [0, 0.05) is 3.57 Å². The quantitative estimate of drug-likeness (QED) is 0.634. The van der Waals surface area contributed by atoms with Gasteiger partial charge in [-0.3, -0.25) is 0 Å². The standard InChI is InChI=1S/C7H7I/c1-8-7-5-3-2-4-6-7/h2-6H,1H2. The van der Waals surface area contributed by atoms with E-state index in [0.29, 0.717) is 0 Å². The van der Waals surface area contributed by atoms with Crippen LogP contribution in [-0.4, -0.2) is 4.51 Å². The average Bonchev–Trinajstić information content (AvgIpc) is 1.90. The van der Waals surface area contributed by atoms with Crippen LogP contribution in [0.25, 0.3) is 0 Å². The Morgan fingerprint density at radius 1 is 1.12 bits per heavy atom. The molecule has 0 radical (unpaired) electrons. The van der Waals surface area contributed by atoms with Gasteiger partial charge in [0.25, 0.3) is 0 Å². The largest absolute Gasteiger partial charge is 0.0937 e. The zero-order valence-electron chi connectivity index (χ0n) is 4.47. The second-order valence-corrected chi connectivity index (χ2v) is 3.44. The van der Waals surface area contributed by atoms with Crippen molar-refractivity contribution >= 4 is 25.2 Å². The first-order chi connectivity index (χ1) is 3.93. The number of rotatable bonds is 1. The summed E-state index contributed by atoms with van der Waals surface area (Å²) in [5.74, 6) is 0. The minimum atomic E-state index is 0.0593. The Kier molecular flexibility index (Phi) is 2.21. The maximum atomic E-state index is 3.87. The molecule has 0 bridgehead atoms. The minimum absolute atomic E-state index is 0.0593. The number of hydrogen-bond acceptors (Lipinski definition) is 0. The fourth-order valence-electron chi connectivity index (χ4n) is 0.504. The van der Waals surface area contributed by atoms with Crippen LogP contribution in [0.5, 0.6) is 0 Å². The van der Waals surface area contributed by atoms with Crippen LogP contribution in [-0.2, 0) is 0 Å². The van der Waals surface area contributed by atoms with Crippen LogP contribution in [0.2, 0.25) is 0 Å². The van der Waals surface area contributed by atoms with Gasteiger partial charge in [-0.05, 0) is 12.1 Å². The monoisotopic (exact) mass is 218 g/mol. The maximum absolute atomic E-state index is 3.87. The molecule has 0 atom stereocenters. The zero-order chi connectivity index (χ0) is 5.82. The number of benzene rings is 1. The van der Waals surface area contributed by atoms with Crippen molar-refractivity contribution in [3.05, 3.63) is 33.9 Å². The highest BCUT2D eigenvalue weighted by Gasteiger charge is 1.76. The lowest BCUT2D eigenvalue weighted by molar-refractivity contribution is 1.65. The normalized spacial score (nSPS) is 9.00. The topological polar surface area (TPSA) is 0 Å². The summed E-state index contributed by atoms with van der Waals surface area (Å²) in [6, 6.07) is 10.4. The van der Waals surface area contributed by atoms with Gasteiger partial charge in [-0.1, -0.05) is 43.4 Å². The molecule has 0 aliphatic heterocycles. The summed E-state index contributed by atoms with van der Waals surface area (Å²) in [4.78, 5) is 0. The molecule has 0 spiro atoms. The lowest BCUT2D eigenvalue weighted by Crippen LogP contribution is -1.63. The lowest BCUT2D eigenvalue weighted by atomic mass is 10.4. The first kappa shape index (κ1) is 5.95. The van der Waals surface area contributed by atoms with Crippen molar-refractivity contribution in [1.82, 2.24) is 0 Å². The van der Waals surface area contributed by atoms with E-state index < -0.39 is 0 Å². The van der Waals surface area contributed by atoms with Crippen molar-refractivity contribution in [1.29, 1.82) is 0 Å². The van der Waals surface area contributed by atoms with E-state index in [1.54, 1.807) is 0 Å². The van der Waals surface area contributed by atoms with Gasteiger partial charge in [0.2, 0.25) is 0 Å². The summed E-state index contributed by atoms with van der Waals surface area (Å²) in [5, 5.41) is 0. The summed E-state index contributed by atoms with van der Waals surface area (Å²) in [7, 11) is 0. The second kappa shape index (κ2) is 2.97. The van der Waals surface area contributed by atoms with E-state index in [1.165, 1.54) is 3.57 Å². The third kappa shape index (κ3) is 1.40. The third-order valence-electron chi connectivity index (χ3n) is 0.887. The van der Waals surface area contributed by atoms with Gasteiger partial charge in [0.05, 0.1) is 0 Å². The van der Waals surface area contributed by atoms with Gasteiger partial charge in [0.1, 0.15) is 0 Å². The van der Waals surface area contributed by atoms with Crippen LogP contribution < -0.4 is 0 Å². The Labute approximate surface area is 59.3 Å². The zero-order valence-corrected chi connectivity index (χ0v) is 6.63. The Morgan fingerprint density at radius 2 is 1.75 bits per heavy atom. The maximum Gasteiger partial charge on any atom is 0.00716 e. The highest BCUT2D eigenvalue weighted by Crippen LogP contribution is 2.06. The summed E-state index contributed by atoms with van der Waals surface area (Å²) >= 11 is 0.0593. The molecule has 0 aromatic heterocycles. The molecule has 8 heavy (non-hydrogen) atoms. The van der Waals surface area contributed by atoms with Crippen molar-refractivity contribution < 1.29 is 0 Å². The SMILES string of the molecule is C=Ic1ccccc1. The minimum Gasteiger partial charge on any atom is -0.0937 e. The van der Waals surface area contributed by atoms with Crippen LogP contribution in [0.1, 0.15) is 0 Å². The predicted octanol–water partition coefficient (Wildman–Crippen LogP) is 2.26. The molecule has 0 amide bonds. The van der Waals surface area contributed by atoms with Gasteiger partial charge in [0.15, 0.2) is 0 Å². The molecule has 0 fully saturated rings. The van der Waals surface area contributed by atoms with Crippen molar-refractivity contribution in [2.75, 3.05) is 0 Å². The Bertz CT molecular complexity index is 167. The third-order valence-corrected chi connectivity index (χ3v) is 2.49. The van der Waals surface area contributed by atoms with E-state index >= 15 is 0 Å². The van der Waals surface area contributed by atoms with Gasteiger partial charge in [-0.15, -0.1) is 0 Å². The predicted molar refractivity (Wildman–Crippen MR) is 46.3 cm³/mol. The first-order valence-corrected chi connectivity index (χ1v) is 4.97. The fourth-order valence-corrected chi connectivity index (χ4v) is 1.43. The van der Waals surface area contributed by atoms with Gasteiger partial charge in [-0.25, -0.2) is 0 Å². The Balaban J connectivity index is 2.99. The molecule has 1 heteroatoms. The van der Waals surface area contributed by atoms with Crippen LogP contribution in [0.3, 0.4) is 0 Å². The molecule has 0 nitrogen and oxygen atoms in total. The molecule has 1 rings (SSSR count). The van der Waals surface area contributed by atoms with Crippen LogP contribution in [0.4, 0.5) is 0 Å². The fraction of sp³-hybridized carbons (Fsp3) is 0. The van der Waals surface area contributed by atoms with E-state index in [-0.39, 0.29) is 20.7 Å². The molecule has 0 unspecified atom stereocenters. The first-order valence-electron chi connectivity index (χ1n) is 2.37. The Morgan fingerprint density at radius 3 is 2.12 bits per heavy atom. The molecule has 0 aliphatic carbocycles. The van der Waals surface area contributed by atoms with Gasteiger partial charge >= 0.3 is 0 Å². The molecular weight excluding hydrogens is 211 g/mol. The molecular formula is C7H7I. The summed E-state index contributed by atoms with van der Waals surface area (Å²) in [6.45, 7) is 0. The summed E-state index contributed by atoms with van der Waals surface area (Å²) < 4.78 is 5.27. The second-order valence-electron chi connectivity index (χ2n) is 1.43. The van der Waals surface area contributed by atoms with Crippen LogP contribution >= 0.6 is 20.7 Å². The molecule has 0 N–H and O–H groups in total. The van der Waals surface area contributed by atoms with E-state index in [1.807, 2.05) is 6.07 Å². The van der Waals surface area contributed by atoms with Gasteiger partial charge < -0.3 is 0 Å². The number of halogens is 1. The lowest BCUT2D eigenvalue weighted by Gasteiger charge is -1.84. The highest BCUT2D eigenvalue weighted by molar-refractivity contribution is 14.2. The summed E-state index contributed by atoms with van der Waals surface area (Å²) in [5.41, 5.74) is 0. The Hall–Kier alpha value is -0.180. The van der Waals surface area contributed by atoms with Crippen LogP contribution in [0, 0.1) is 3.57 Å². The molecule has 0 aliphatic rings. The van der Waals surface area contributed by atoms with E-state index in [0.717, 1.165) is 0 Å². The average molecular weight is 218 g/mol. The van der Waals surface area contributed by atoms with E-state index in [4.69, 9.17) is 0 Å². The summed E-state index contributed by atoms with van der Waals surface area (Å²) in [6.07, 6.45) is 0. The smallest absolute Gasteiger partial charge is 0.00716 e. The number of hydrogen-bond donors (Lipinski definition) is 0. The molecule has 0 saturated heterocycles. The highest BCUT2D eigenvalue weighted by atomic mass is 127. The molecule has 0 heterocycles. The van der Waals surface area contributed by atoms with Crippen molar-refractivity contribution in [3.63, 3.8) is 0 Å². The molecule has 42 valence electrons. The van der Waals surface area contributed by atoms with Crippen molar-refractivity contribution in [2.24, 2.45) is 0 Å².